The van der Waals surface area contributed by atoms with Gasteiger partial charge in [0.05, 0.1) is 19.6 Å². The molecule has 1 saturated heterocycles. The molecule has 142 valence electrons. The van der Waals surface area contributed by atoms with Gasteiger partial charge in [-0.15, -0.1) is 0 Å². The van der Waals surface area contributed by atoms with Crippen LogP contribution >= 0.6 is 15.9 Å². The fraction of sp³-hybridized carbons (Fsp3) is 0.600. The van der Waals surface area contributed by atoms with E-state index in [2.05, 4.69) is 57.3 Å². The Labute approximate surface area is 164 Å². The number of hydrogen-bond acceptors (Lipinski definition) is 3. The highest BCUT2D eigenvalue weighted by Gasteiger charge is 2.44. The molecule has 6 heteroatoms. The average Bonchev–Trinajstić information content (AvgIpc) is 3.46. The number of likely N-dealkylation sites (tertiary alicyclic amines) is 1. The summed E-state index contributed by atoms with van der Waals surface area (Å²) in [4.78, 5) is 19.0. The molecule has 1 aliphatic carbocycles. The first-order chi connectivity index (χ1) is 12.6. The number of halogens is 1. The summed E-state index contributed by atoms with van der Waals surface area (Å²) in [6.07, 6.45) is 4.04. The van der Waals surface area contributed by atoms with E-state index < -0.39 is 0 Å². The number of methoxy groups -OCH3 is 1. The molecule has 1 aliphatic heterocycles. The van der Waals surface area contributed by atoms with Crippen LogP contribution in [-0.2, 0) is 14.9 Å². The first-order valence-electron chi connectivity index (χ1n) is 9.45. The van der Waals surface area contributed by atoms with Crippen molar-refractivity contribution < 1.29 is 9.53 Å². The van der Waals surface area contributed by atoms with E-state index in [0.717, 1.165) is 49.5 Å². The average molecular weight is 422 g/mol. The van der Waals surface area contributed by atoms with E-state index in [0.29, 0.717) is 0 Å². The van der Waals surface area contributed by atoms with Crippen LogP contribution in [0, 0.1) is 5.92 Å². The number of ether oxygens (including phenoxy) is 1. The van der Waals surface area contributed by atoms with Gasteiger partial charge in [0, 0.05) is 29.5 Å². The van der Waals surface area contributed by atoms with Crippen LogP contribution in [-0.4, -0.2) is 50.1 Å². The van der Waals surface area contributed by atoms with Gasteiger partial charge in [0.2, 0.25) is 0 Å². The maximum Gasteiger partial charge on any atom is 0.308 e. The number of esters is 1. The van der Waals surface area contributed by atoms with Gasteiger partial charge in [-0.3, -0.25) is 9.79 Å². The number of benzene rings is 1. The number of carbonyl (C=O) groups is 1. The molecule has 1 N–H and O–H groups in total. The van der Waals surface area contributed by atoms with Gasteiger partial charge in [0.15, 0.2) is 5.96 Å². The van der Waals surface area contributed by atoms with Crippen LogP contribution in [0.1, 0.15) is 38.2 Å². The Bertz CT molecular complexity index is 665. The second-order valence-corrected chi connectivity index (χ2v) is 8.16. The molecule has 2 fully saturated rings. The summed E-state index contributed by atoms with van der Waals surface area (Å²) >= 11 is 3.58. The molecule has 0 unspecified atom stereocenters. The Morgan fingerprint density at radius 1 is 1.38 bits per heavy atom. The quantitative estimate of drug-likeness (QED) is 0.449. The number of nitrogens with one attached hydrogen (secondary N) is 1. The molecule has 1 heterocycles. The van der Waals surface area contributed by atoms with Gasteiger partial charge in [-0.1, -0.05) is 28.1 Å². The molecule has 5 nitrogen and oxygen atoms in total. The van der Waals surface area contributed by atoms with Gasteiger partial charge < -0.3 is 15.0 Å². The minimum Gasteiger partial charge on any atom is -0.469 e. The smallest absolute Gasteiger partial charge is 0.308 e. The second-order valence-electron chi connectivity index (χ2n) is 7.25. The summed E-state index contributed by atoms with van der Waals surface area (Å²) in [5.74, 6) is 0.908. The molecular formula is C20H28BrN3O2. The van der Waals surface area contributed by atoms with Crippen LogP contribution in [0.5, 0.6) is 0 Å². The van der Waals surface area contributed by atoms with E-state index >= 15 is 0 Å². The second kappa shape index (κ2) is 8.42. The van der Waals surface area contributed by atoms with Gasteiger partial charge in [-0.2, -0.15) is 0 Å². The van der Waals surface area contributed by atoms with E-state index in [-0.39, 0.29) is 17.3 Å². The van der Waals surface area contributed by atoms with Crippen molar-refractivity contribution in [1.82, 2.24) is 10.2 Å². The summed E-state index contributed by atoms with van der Waals surface area (Å²) in [6.45, 7) is 5.44. The summed E-state index contributed by atoms with van der Waals surface area (Å²) < 4.78 is 6.01. The lowest BCUT2D eigenvalue weighted by Gasteiger charge is -2.33. The Morgan fingerprint density at radius 2 is 2.12 bits per heavy atom. The molecule has 0 amide bonds. The van der Waals surface area contributed by atoms with E-state index in [9.17, 15) is 4.79 Å². The van der Waals surface area contributed by atoms with Crippen LogP contribution < -0.4 is 5.32 Å². The molecule has 1 saturated carbocycles. The monoisotopic (exact) mass is 421 g/mol. The van der Waals surface area contributed by atoms with Crippen LogP contribution in [0.4, 0.5) is 0 Å². The molecule has 0 radical (unpaired) electrons. The Balaban J connectivity index is 1.66. The number of carbonyl (C=O) groups excluding carboxylic acids is 1. The van der Waals surface area contributed by atoms with Crippen molar-refractivity contribution in [3.63, 3.8) is 0 Å². The third-order valence-electron chi connectivity index (χ3n) is 5.49. The third kappa shape index (κ3) is 4.40. The number of hydrogen-bond donors (Lipinski definition) is 1. The van der Waals surface area contributed by atoms with E-state index in [1.165, 1.54) is 25.5 Å². The zero-order valence-corrected chi connectivity index (χ0v) is 17.2. The largest absolute Gasteiger partial charge is 0.469 e. The Hall–Kier alpha value is -1.56. The van der Waals surface area contributed by atoms with Crippen molar-refractivity contribution in [2.45, 2.75) is 38.0 Å². The van der Waals surface area contributed by atoms with E-state index in [1.54, 1.807) is 0 Å². The maximum atomic E-state index is 11.7. The van der Waals surface area contributed by atoms with Crippen molar-refractivity contribution in [1.29, 1.82) is 0 Å². The lowest BCUT2D eigenvalue weighted by molar-refractivity contribution is -0.146. The highest BCUT2D eigenvalue weighted by atomic mass is 79.9. The van der Waals surface area contributed by atoms with Gasteiger partial charge >= 0.3 is 5.97 Å². The predicted molar refractivity (Wildman–Crippen MR) is 107 cm³/mol. The maximum absolute atomic E-state index is 11.7. The van der Waals surface area contributed by atoms with Gasteiger partial charge in [0.1, 0.15) is 0 Å². The molecule has 3 rings (SSSR count). The molecule has 2 aliphatic rings. The highest BCUT2D eigenvalue weighted by Crippen LogP contribution is 2.48. The van der Waals surface area contributed by atoms with Crippen molar-refractivity contribution in [3.8, 4) is 0 Å². The minimum absolute atomic E-state index is 0.0237. The number of guanidine groups is 1. The normalized spacial score (nSPS) is 20.0. The highest BCUT2D eigenvalue weighted by molar-refractivity contribution is 9.10. The fourth-order valence-electron chi connectivity index (χ4n) is 3.65. The molecule has 0 bridgehead atoms. The third-order valence-corrected chi connectivity index (χ3v) is 5.98. The van der Waals surface area contributed by atoms with Crippen molar-refractivity contribution in [3.05, 3.63) is 34.3 Å². The molecule has 0 atom stereocenters. The lowest BCUT2D eigenvalue weighted by atomic mass is 9.96. The SMILES string of the molecule is CCNC(=NCC1(c2cccc(Br)c2)CC1)N1CCC(C(=O)OC)CC1. The number of piperidine rings is 1. The zero-order valence-electron chi connectivity index (χ0n) is 15.6. The molecule has 0 aromatic heterocycles. The summed E-state index contributed by atoms with van der Waals surface area (Å²) in [6, 6.07) is 8.60. The standard InChI is InChI=1S/C20H28BrN3O2/c1-3-22-19(24-11-7-15(8-12-24)18(25)26-2)23-14-20(9-10-20)16-5-4-6-17(21)13-16/h4-6,13,15H,3,7-12,14H2,1-2H3,(H,22,23). The fourth-order valence-corrected chi connectivity index (χ4v) is 4.05. The van der Waals surface area contributed by atoms with Gasteiger partial charge in [-0.25, -0.2) is 0 Å². The summed E-state index contributed by atoms with van der Waals surface area (Å²) in [5, 5.41) is 3.42. The van der Waals surface area contributed by atoms with Crippen molar-refractivity contribution >= 4 is 27.9 Å². The molecular weight excluding hydrogens is 394 g/mol. The molecule has 1 aromatic carbocycles. The van der Waals surface area contributed by atoms with Gasteiger partial charge in [-0.05, 0) is 50.3 Å². The first-order valence-corrected chi connectivity index (χ1v) is 10.2. The minimum atomic E-state index is -0.0850. The Kier molecular flexibility index (Phi) is 6.22. The molecule has 1 aromatic rings. The summed E-state index contributed by atoms with van der Waals surface area (Å²) in [7, 11) is 1.47. The number of aliphatic imine (C=N–C) groups is 1. The number of rotatable bonds is 5. The van der Waals surface area contributed by atoms with Crippen molar-refractivity contribution in [2.24, 2.45) is 10.9 Å². The topological polar surface area (TPSA) is 53.9 Å². The van der Waals surface area contributed by atoms with Crippen molar-refractivity contribution in [2.75, 3.05) is 33.3 Å². The predicted octanol–water partition coefficient (Wildman–Crippen LogP) is 3.33. The lowest BCUT2D eigenvalue weighted by Crippen LogP contribution is -2.47. The van der Waals surface area contributed by atoms with E-state index in [4.69, 9.17) is 9.73 Å². The Morgan fingerprint density at radius 3 is 2.69 bits per heavy atom. The molecule has 26 heavy (non-hydrogen) atoms. The van der Waals surface area contributed by atoms with Crippen LogP contribution in [0.3, 0.4) is 0 Å². The van der Waals surface area contributed by atoms with Gasteiger partial charge in [0.25, 0.3) is 0 Å². The zero-order chi connectivity index (χ0) is 18.6. The van der Waals surface area contributed by atoms with E-state index in [1.807, 2.05) is 0 Å². The number of nitrogens with zero attached hydrogens (tertiary/aromatic N) is 2. The molecule has 0 spiro atoms. The summed E-state index contributed by atoms with van der Waals surface area (Å²) in [5.41, 5.74) is 1.56. The van der Waals surface area contributed by atoms with Crippen LogP contribution in [0.25, 0.3) is 0 Å². The van der Waals surface area contributed by atoms with Crippen LogP contribution in [0.2, 0.25) is 0 Å². The first kappa shape index (κ1) is 19.2. The van der Waals surface area contributed by atoms with Crippen LogP contribution in [0.15, 0.2) is 33.7 Å².